The van der Waals surface area contributed by atoms with Crippen molar-refractivity contribution in [2.24, 2.45) is 0 Å². The van der Waals surface area contributed by atoms with E-state index in [2.05, 4.69) is 15.2 Å². The maximum absolute atomic E-state index is 11.9. The van der Waals surface area contributed by atoms with E-state index in [9.17, 15) is 13.2 Å². The zero-order valence-corrected chi connectivity index (χ0v) is 11.9. The summed E-state index contributed by atoms with van der Waals surface area (Å²) in [5.41, 5.74) is 4.28. The van der Waals surface area contributed by atoms with E-state index in [1.54, 1.807) is 24.4 Å². The lowest BCUT2D eigenvalue weighted by molar-refractivity contribution is 0.0940. The lowest BCUT2D eigenvalue weighted by Crippen LogP contribution is -2.41. The highest BCUT2D eigenvalue weighted by Gasteiger charge is 2.15. The molecule has 1 aromatic heterocycles. The lowest BCUT2D eigenvalue weighted by atomic mass is 10.2. The fraction of sp³-hybridized carbons (Fsp3) is 0.154. The molecule has 1 heterocycles. The monoisotopic (exact) mass is 293 g/mol. The number of carbonyl (C=O) groups excluding carboxylic acids is 1. The summed E-state index contributed by atoms with van der Waals surface area (Å²) in [5, 5.41) is 0. The van der Waals surface area contributed by atoms with E-state index in [0.717, 1.165) is 11.1 Å². The van der Waals surface area contributed by atoms with Crippen LogP contribution in [0.2, 0.25) is 0 Å². The molecular formula is C13H15N3O3S. The number of amides is 1. The molecule has 2 rings (SSSR count). The van der Waals surface area contributed by atoms with Crippen molar-refractivity contribution in [2.45, 2.75) is 18.7 Å². The van der Waals surface area contributed by atoms with Crippen molar-refractivity contribution in [3.63, 3.8) is 0 Å². The van der Waals surface area contributed by atoms with Crippen LogP contribution in [0.25, 0.3) is 0 Å². The Bertz CT molecular complexity index is 718. The average molecular weight is 293 g/mol. The minimum Gasteiger partial charge on any atom is -0.357 e. The molecule has 20 heavy (non-hydrogen) atoms. The third-order valence-electron chi connectivity index (χ3n) is 2.70. The smallest absolute Gasteiger partial charge is 0.282 e. The zero-order valence-electron chi connectivity index (χ0n) is 11.1. The fourth-order valence-corrected chi connectivity index (χ4v) is 2.43. The van der Waals surface area contributed by atoms with Gasteiger partial charge in [0.05, 0.1) is 4.90 Å². The van der Waals surface area contributed by atoms with Crippen molar-refractivity contribution in [3.8, 4) is 0 Å². The first-order valence-electron chi connectivity index (χ1n) is 5.92. The van der Waals surface area contributed by atoms with Crippen LogP contribution in [-0.2, 0) is 10.0 Å². The quantitative estimate of drug-likeness (QED) is 0.741. The van der Waals surface area contributed by atoms with Gasteiger partial charge in [-0.2, -0.15) is 0 Å². The van der Waals surface area contributed by atoms with Crippen LogP contribution in [0.4, 0.5) is 0 Å². The molecule has 1 aromatic carbocycles. The molecular weight excluding hydrogens is 278 g/mol. The third kappa shape index (κ3) is 3.25. The number of aromatic amines is 1. The molecule has 0 fully saturated rings. The van der Waals surface area contributed by atoms with Gasteiger partial charge in [-0.3, -0.25) is 10.2 Å². The molecule has 0 atom stereocenters. The topological polar surface area (TPSA) is 91.1 Å². The van der Waals surface area contributed by atoms with Gasteiger partial charge in [0.1, 0.15) is 5.69 Å². The first-order valence-corrected chi connectivity index (χ1v) is 7.40. The van der Waals surface area contributed by atoms with E-state index in [1.165, 1.54) is 12.1 Å². The van der Waals surface area contributed by atoms with Crippen LogP contribution in [0, 0.1) is 13.8 Å². The summed E-state index contributed by atoms with van der Waals surface area (Å²) in [6, 6.07) is 7.94. The van der Waals surface area contributed by atoms with Gasteiger partial charge < -0.3 is 4.98 Å². The number of hydrogen-bond donors (Lipinski definition) is 3. The SMILES string of the molecule is Cc1ccc(S(=O)(=O)NNC(=O)c2cc(C)c[nH]2)cc1. The van der Waals surface area contributed by atoms with Gasteiger partial charge >= 0.3 is 0 Å². The molecule has 0 aliphatic heterocycles. The lowest BCUT2D eigenvalue weighted by Gasteiger charge is -2.07. The number of nitrogens with one attached hydrogen (secondary N) is 3. The van der Waals surface area contributed by atoms with Gasteiger partial charge in [-0.15, -0.1) is 4.83 Å². The molecule has 0 bridgehead atoms. The molecule has 0 saturated heterocycles. The minimum atomic E-state index is -3.77. The van der Waals surface area contributed by atoms with Gasteiger partial charge in [-0.25, -0.2) is 8.42 Å². The maximum atomic E-state index is 11.9. The number of hydrazine groups is 1. The number of aromatic nitrogens is 1. The molecule has 1 amide bonds. The Balaban J connectivity index is 2.06. The van der Waals surface area contributed by atoms with Crippen LogP contribution in [0.5, 0.6) is 0 Å². The van der Waals surface area contributed by atoms with E-state index < -0.39 is 15.9 Å². The van der Waals surface area contributed by atoms with Gasteiger partial charge in [0, 0.05) is 6.20 Å². The van der Waals surface area contributed by atoms with Crippen LogP contribution in [-0.4, -0.2) is 19.3 Å². The predicted octanol–water partition coefficient (Wildman–Crippen LogP) is 1.25. The number of aryl methyl sites for hydroxylation is 2. The second kappa shape index (κ2) is 5.48. The number of hydrogen-bond acceptors (Lipinski definition) is 3. The second-order valence-corrected chi connectivity index (χ2v) is 6.15. The number of sulfonamides is 1. The standard InChI is InChI=1S/C13H15N3O3S/c1-9-3-5-11(6-4-9)20(18,19)16-15-13(17)12-7-10(2)8-14-12/h3-8,14,16H,1-2H3,(H,15,17). The Labute approximate surface area is 117 Å². The Kier molecular flexibility index (Phi) is 3.91. The van der Waals surface area contributed by atoms with E-state index in [0.29, 0.717) is 0 Å². The molecule has 2 aromatic rings. The van der Waals surface area contributed by atoms with E-state index in [-0.39, 0.29) is 10.6 Å². The molecule has 0 aliphatic rings. The zero-order chi connectivity index (χ0) is 14.8. The Morgan fingerprint density at radius 1 is 1.10 bits per heavy atom. The van der Waals surface area contributed by atoms with Crippen LogP contribution >= 0.6 is 0 Å². The number of benzene rings is 1. The molecule has 106 valence electrons. The van der Waals surface area contributed by atoms with E-state index >= 15 is 0 Å². The van der Waals surface area contributed by atoms with Crippen LogP contribution in [0.1, 0.15) is 21.6 Å². The van der Waals surface area contributed by atoms with Gasteiger partial charge in [-0.05, 0) is 37.6 Å². The van der Waals surface area contributed by atoms with E-state index in [4.69, 9.17) is 0 Å². The molecule has 0 aliphatic carbocycles. The number of H-pyrrole nitrogens is 1. The van der Waals surface area contributed by atoms with Gasteiger partial charge in [0.25, 0.3) is 15.9 Å². The summed E-state index contributed by atoms with van der Waals surface area (Å²) in [6.07, 6.45) is 1.66. The Morgan fingerprint density at radius 2 is 1.75 bits per heavy atom. The van der Waals surface area contributed by atoms with Gasteiger partial charge in [-0.1, -0.05) is 17.7 Å². The van der Waals surface area contributed by atoms with Crippen molar-refractivity contribution in [1.29, 1.82) is 0 Å². The Hall–Kier alpha value is -2.12. The second-order valence-electron chi connectivity index (χ2n) is 4.46. The summed E-state index contributed by atoms with van der Waals surface area (Å²) in [4.78, 5) is 16.6. The maximum Gasteiger partial charge on any atom is 0.282 e. The van der Waals surface area contributed by atoms with Crippen molar-refractivity contribution in [1.82, 2.24) is 15.2 Å². The Morgan fingerprint density at radius 3 is 2.30 bits per heavy atom. The molecule has 7 heteroatoms. The first-order chi connectivity index (χ1) is 9.38. The molecule has 0 unspecified atom stereocenters. The van der Waals surface area contributed by atoms with Crippen molar-refractivity contribution >= 4 is 15.9 Å². The summed E-state index contributed by atoms with van der Waals surface area (Å²) in [5.74, 6) is -0.547. The minimum absolute atomic E-state index is 0.0890. The van der Waals surface area contributed by atoms with Crippen molar-refractivity contribution < 1.29 is 13.2 Å². The van der Waals surface area contributed by atoms with Crippen LogP contribution < -0.4 is 10.3 Å². The number of rotatable bonds is 4. The average Bonchev–Trinajstić information content (AvgIpc) is 2.83. The summed E-state index contributed by atoms with van der Waals surface area (Å²) in [7, 11) is -3.77. The highest BCUT2D eigenvalue weighted by Crippen LogP contribution is 2.09. The van der Waals surface area contributed by atoms with Gasteiger partial charge in [0.15, 0.2) is 0 Å². The fourth-order valence-electron chi connectivity index (χ4n) is 1.59. The summed E-state index contributed by atoms with van der Waals surface area (Å²) < 4.78 is 23.9. The summed E-state index contributed by atoms with van der Waals surface area (Å²) in [6.45, 7) is 3.68. The van der Waals surface area contributed by atoms with E-state index in [1.807, 2.05) is 13.8 Å². The molecule has 0 radical (unpaired) electrons. The highest BCUT2D eigenvalue weighted by molar-refractivity contribution is 7.89. The van der Waals surface area contributed by atoms with Crippen LogP contribution in [0.3, 0.4) is 0 Å². The van der Waals surface area contributed by atoms with Crippen molar-refractivity contribution in [2.75, 3.05) is 0 Å². The largest absolute Gasteiger partial charge is 0.357 e. The summed E-state index contributed by atoms with van der Waals surface area (Å²) >= 11 is 0. The molecule has 6 nitrogen and oxygen atoms in total. The molecule has 3 N–H and O–H groups in total. The normalized spacial score (nSPS) is 11.3. The highest BCUT2D eigenvalue weighted by atomic mass is 32.2. The number of carbonyl (C=O) groups is 1. The molecule has 0 spiro atoms. The first kappa shape index (κ1) is 14.3. The van der Waals surface area contributed by atoms with Gasteiger partial charge in [0.2, 0.25) is 0 Å². The molecule has 0 saturated carbocycles. The predicted molar refractivity (Wildman–Crippen MR) is 74.5 cm³/mol. The third-order valence-corrected chi connectivity index (χ3v) is 3.97. The van der Waals surface area contributed by atoms with Crippen LogP contribution in [0.15, 0.2) is 41.4 Å². The van der Waals surface area contributed by atoms with Crippen molar-refractivity contribution in [3.05, 3.63) is 53.3 Å².